The van der Waals surface area contributed by atoms with Gasteiger partial charge in [-0.15, -0.1) is 0 Å². The lowest BCUT2D eigenvalue weighted by Crippen LogP contribution is -2.39. The normalized spacial score (nSPS) is 12.5. The van der Waals surface area contributed by atoms with Crippen LogP contribution in [0.5, 0.6) is 0 Å². The predicted molar refractivity (Wildman–Crippen MR) is 57.0 cm³/mol. The van der Waals surface area contributed by atoms with Crippen LogP contribution in [0.4, 0.5) is 0 Å². The fourth-order valence-electron chi connectivity index (χ4n) is 1.24. The van der Waals surface area contributed by atoms with E-state index in [1.165, 1.54) is 0 Å². The molecule has 1 unspecified atom stereocenters. The van der Waals surface area contributed by atoms with Gasteiger partial charge in [0.25, 0.3) is 0 Å². The zero-order valence-electron chi connectivity index (χ0n) is 9.21. The maximum Gasteiger partial charge on any atom is 0.220 e. The highest BCUT2D eigenvalue weighted by molar-refractivity contribution is 5.76. The molecule has 3 N–H and O–H groups in total. The second-order valence-corrected chi connectivity index (χ2v) is 3.40. The lowest BCUT2D eigenvalue weighted by Gasteiger charge is -2.16. The first kappa shape index (κ1) is 13.4. The summed E-state index contributed by atoms with van der Waals surface area (Å²) in [5.41, 5.74) is 5.43. The minimum absolute atomic E-state index is 0.0642. The van der Waals surface area contributed by atoms with E-state index in [0.717, 1.165) is 19.3 Å². The lowest BCUT2D eigenvalue weighted by molar-refractivity contribution is -0.122. The smallest absolute Gasteiger partial charge is 0.220 e. The van der Waals surface area contributed by atoms with Gasteiger partial charge in [-0.05, 0) is 19.4 Å². The van der Waals surface area contributed by atoms with Crippen molar-refractivity contribution in [1.82, 2.24) is 5.32 Å². The van der Waals surface area contributed by atoms with Crippen molar-refractivity contribution in [2.75, 3.05) is 20.3 Å². The summed E-state index contributed by atoms with van der Waals surface area (Å²) < 4.78 is 4.99. The molecule has 1 atom stereocenters. The molecule has 14 heavy (non-hydrogen) atoms. The summed E-state index contributed by atoms with van der Waals surface area (Å²) >= 11 is 0. The minimum atomic E-state index is 0.0642. The molecule has 0 fully saturated rings. The summed E-state index contributed by atoms with van der Waals surface area (Å²) in [6, 6.07) is 0.0642. The number of carbonyl (C=O) groups excluding carboxylic acids is 1. The van der Waals surface area contributed by atoms with Crippen molar-refractivity contribution in [3.05, 3.63) is 0 Å². The Morgan fingerprint density at radius 2 is 2.29 bits per heavy atom. The van der Waals surface area contributed by atoms with E-state index in [0.29, 0.717) is 19.6 Å². The molecule has 0 aliphatic heterocycles. The Morgan fingerprint density at radius 3 is 2.79 bits per heavy atom. The molecule has 0 aromatic heterocycles. The quantitative estimate of drug-likeness (QED) is 0.607. The van der Waals surface area contributed by atoms with Crippen LogP contribution in [0.25, 0.3) is 0 Å². The van der Waals surface area contributed by atoms with E-state index in [2.05, 4.69) is 12.2 Å². The Kier molecular flexibility index (Phi) is 8.57. The van der Waals surface area contributed by atoms with Crippen LogP contribution in [0.15, 0.2) is 0 Å². The molecule has 4 heteroatoms. The third-order valence-corrected chi connectivity index (χ3v) is 2.01. The molecular weight excluding hydrogens is 180 g/mol. The van der Waals surface area contributed by atoms with Crippen molar-refractivity contribution in [2.24, 2.45) is 5.73 Å². The Labute approximate surface area is 86.2 Å². The third kappa shape index (κ3) is 6.86. The van der Waals surface area contributed by atoms with Crippen LogP contribution in [-0.2, 0) is 9.53 Å². The molecule has 0 saturated heterocycles. The van der Waals surface area contributed by atoms with Crippen LogP contribution in [0, 0.1) is 0 Å². The van der Waals surface area contributed by atoms with Crippen LogP contribution in [0.3, 0.4) is 0 Å². The van der Waals surface area contributed by atoms with E-state index < -0.39 is 0 Å². The maximum absolute atomic E-state index is 11.4. The van der Waals surface area contributed by atoms with Gasteiger partial charge >= 0.3 is 0 Å². The van der Waals surface area contributed by atoms with Gasteiger partial charge in [-0.25, -0.2) is 0 Å². The molecule has 0 spiro atoms. The number of carbonyl (C=O) groups is 1. The second kappa shape index (κ2) is 8.97. The van der Waals surface area contributed by atoms with E-state index in [1.54, 1.807) is 7.11 Å². The average molecular weight is 202 g/mol. The SMILES string of the molecule is CCCCC(=O)NC(CCN)COC. The highest BCUT2D eigenvalue weighted by Gasteiger charge is 2.10. The lowest BCUT2D eigenvalue weighted by atomic mass is 10.2. The number of unbranched alkanes of at least 4 members (excludes halogenated alkanes) is 1. The number of methoxy groups -OCH3 is 1. The minimum Gasteiger partial charge on any atom is -0.383 e. The summed E-state index contributed by atoms with van der Waals surface area (Å²) in [6.45, 7) is 3.18. The first-order chi connectivity index (χ1) is 6.74. The molecule has 4 nitrogen and oxygen atoms in total. The number of ether oxygens (including phenoxy) is 1. The van der Waals surface area contributed by atoms with Crippen LogP contribution in [-0.4, -0.2) is 32.2 Å². The summed E-state index contributed by atoms with van der Waals surface area (Å²) in [4.78, 5) is 11.4. The van der Waals surface area contributed by atoms with Gasteiger partial charge in [-0.3, -0.25) is 4.79 Å². The summed E-state index contributed by atoms with van der Waals surface area (Å²) in [7, 11) is 1.63. The van der Waals surface area contributed by atoms with Crippen LogP contribution >= 0.6 is 0 Å². The molecule has 0 rings (SSSR count). The molecule has 1 amide bonds. The Hall–Kier alpha value is -0.610. The topological polar surface area (TPSA) is 64.4 Å². The van der Waals surface area contributed by atoms with Crippen molar-refractivity contribution >= 4 is 5.91 Å². The zero-order chi connectivity index (χ0) is 10.8. The molecule has 0 aromatic carbocycles. The molecule has 84 valence electrons. The molecule has 0 aromatic rings. The number of amides is 1. The van der Waals surface area contributed by atoms with Gasteiger partial charge < -0.3 is 15.8 Å². The van der Waals surface area contributed by atoms with Crippen molar-refractivity contribution in [1.29, 1.82) is 0 Å². The molecule has 0 bridgehead atoms. The predicted octanol–water partition coefficient (Wildman–Crippen LogP) is 0.657. The number of hydrogen-bond acceptors (Lipinski definition) is 3. The van der Waals surface area contributed by atoms with Gasteiger partial charge in [0.05, 0.1) is 12.6 Å². The van der Waals surface area contributed by atoms with Crippen molar-refractivity contribution < 1.29 is 9.53 Å². The van der Waals surface area contributed by atoms with Gasteiger partial charge in [0.2, 0.25) is 5.91 Å². The fourth-order valence-corrected chi connectivity index (χ4v) is 1.24. The molecular formula is C10H22N2O2. The molecule has 0 radical (unpaired) electrons. The molecule has 0 heterocycles. The summed E-state index contributed by atoms with van der Waals surface area (Å²) in [5.74, 6) is 0.0994. The van der Waals surface area contributed by atoms with E-state index in [1.807, 2.05) is 0 Å². The highest BCUT2D eigenvalue weighted by atomic mass is 16.5. The molecule has 0 saturated carbocycles. The fraction of sp³-hybridized carbons (Fsp3) is 0.900. The maximum atomic E-state index is 11.4. The Morgan fingerprint density at radius 1 is 1.57 bits per heavy atom. The number of nitrogens with two attached hydrogens (primary N) is 1. The average Bonchev–Trinajstić information content (AvgIpc) is 2.15. The largest absolute Gasteiger partial charge is 0.383 e. The van der Waals surface area contributed by atoms with Crippen molar-refractivity contribution in [3.63, 3.8) is 0 Å². The van der Waals surface area contributed by atoms with Crippen LogP contribution < -0.4 is 11.1 Å². The van der Waals surface area contributed by atoms with Gasteiger partial charge in [0.1, 0.15) is 0 Å². The molecule has 0 aliphatic carbocycles. The first-order valence-electron chi connectivity index (χ1n) is 5.23. The molecule has 0 aliphatic rings. The number of nitrogens with one attached hydrogen (secondary N) is 1. The monoisotopic (exact) mass is 202 g/mol. The zero-order valence-corrected chi connectivity index (χ0v) is 9.21. The highest BCUT2D eigenvalue weighted by Crippen LogP contribution is 1.96. The number of hydrogen-bond donors (Lipinski definition) is 2. The third-order valence-electron chi connectivity index (χ3n) is 2.01. The van der Waals surface area contributed by atoms with E-state index >= 15 is 0 Å². The Balaban J connectivity index is 3.71. The van der Waals surface area contributed by atoms with E-state index in [4.69, 9.17) is 10.5 Å². The van der Waals surface area contributed by atoms with Gasteiger partial charge in [-0.1, -0.05) is 13.3 Å². The standard InChI is InChI=1S/C10H22N2O2/c1-3-4-5-10(13)12-9(6-7-11)8-14-2/h9H,3-8,11H2,1-2H3,(H,12,13). The van der Waals surface area contributed by atoms with Crippen molar-refractivity contribution in [3.8, 4) is 0 Å². The summed E-state index contributed by atoms with van der Waals surface area (Å²) in [5, 5.41) is 2.91. The van der Waals surface area contributed by atoms with Gasteiger partial charge in [0.15, 0.2) is 0 Å². The number of rotatable bonds is 8. The van der Waals surface area contributed by atoms with E-state index in [-0.39, 0.29) is 11.9 Å². The first-order valence-corrected chi connectivity index (χ1v) is 5.23. The second-order valence-electron chi connectivity index (χ2n) is 3.40. The van der Waals surface area contributed by atoms with E-state index in [9.17, 15) is 4.79 Å². The van der Waals surface area contributed by atoms with Crippen molar-refractivity contribution in [2.45, 2.75) is 38.6 Å². The van der Waals surface area contributed by atoms with Crippen LogP contribution in [0.1, 0.15) is 32.6 Å². The van der Waals surface area contributed by atoms with Gasteiger partial charge in [0, 0.05) is 13.5 Å². The Bertz CT molecular complexity index is 145. The van der Waals surface area contributed by atoms with Gasteiger partial charge in [-0.2, -0.15) is 0 Å². The van der Waals surface area contributed by atoms with Crippen LogP contribution in [0.2, 0.25) is 0 Å². The summed E-state index contributed by atoms with van der Waals surface area (Å²) in [6.07, 6.45) is 3.35.